The number of carbonyl (C=O) groups excluding carboxylic acids is 2. The van der Waals surface area contributed by atoms with E-state index in [0.717, 1.165) is 11.1 Å². The van der Waals surface area contributed by atoms with Gasteiger partial charge in [0.05, 0.1) is 5.69 Å². The summed E-state index contributed by atoms with van der Waals surface area (Å²) in [5.41, 5.74) is 3.25. The van der Waals surface area contributed by atoms with Crippen molar-refractivity contribution in [1.29, 1.82) is 0 Å². The fraction of sp³-hybridized carbons (Fsp3) is 0.300. The lowest BCUT2D eigenvalue weighted by Gasteiger charge is -2.18. The number of ether oxygens (including phenoxy) is 2. The van der Waals surface area contributed by atoms with Crippen molar-refractivity contribution < 1.29 is 19.1 Å². The summed E-state index contributed by atoms with van der Waals surface area (Å²) in [6.07, 6.45) is 0. The molecule has 0 saturated carbocycles. The van der Waals surface area contributed by atoms with Gasteiger partial charge < -0.3 is 20.1 Å². The average molecular weight is 354 g/mol. The van der Waals surface area contributed by atoms with Crippen LogP contribution in [0.5, 0.6) is 11.5 Å². The van der Waals surface area contributed by atoms with Crippen LogP contribution in [0, 0.1) is 6.92 Å². The van der Waals surface area contributed by atoms with Gasteiger partial charge in [-0.3, -0.25) is 9.59 Å². The van der Waals surface area contributed by atoms with E-state index in [4.69, 9.17) is 9.47 Å². The summed E-state index contributed by atoms with van der Waals surface area (Å²) in [4.78, 5) is 23.6. The molecule has 0 bridgehead atoms. The zero-order valence-corrected chi connectivity index (χ0v) is 15.1. The first-order valence-corrected chi connectivity index (χ1v) is 8.52. The minimum atomic E-state index is -0.276. The summed E-state index contributed by atoms with van der Waals surface area (Å²) in [7, 11) is 0. The Morgan fingerprint density at radius 3 is 2.85 bits per heavy atom. The Morgan fingerprint density at radius 1 is 1.27 bits per heavy atom. The highest BCUT2D eigenvalue weighted by Gasteiger charge is 2.16. The van der Waals surface area contributed by atoms with Crippen molar-refractivity contribution in [3.05, 3.63) is 47.5 Å². The SMILES string of the molecule is Cc1ccc(C(C)C)cc1OCC(=O)Nc1ccc2c(c1)NC(=O)CO2. The first kappa shape index (κ1) is 17.8. The van der Waals surface area contributed by atoms with Crippen molar-refractivity contribution in [2.45, 2.75) is 26.7 Å². The molecule has 1 aliphatic rings. The normalized spacial score (nSPS) is 12.8. The maximum atomic E-state index is 12.2. The van der Waals surface area contributed by atoms with E-state index in [2.05, 4.69) is 30.5 Å². The van der Waals surface area contributed by atoms with Gasteiger partial charge in [-0.15, -0.1) is 0 Å². The third-order valence-electron chi connectivity index (χ3n) is 4.13. The number of fused-ring (bicyclic) bond motifs is 1. The molecule has 0 atom stereocenters. The molecule has 26 heavy (non-hydrogen) atoms. The Morgan fingerprint density at radius 2 is 2.08 bits per heavy atom. The molecule has 0 aromatic heterocycles. The first-order chi connectivity index (χ1) is 12.4. The van der Waals surface area contributed by atoms with Gasteiger partial charge in [0.25, 0.3) is 11.8 Å². The van der Waals surface area contributed by atoms with E-state index >= 15 is 0 Å². The van der Waals surface area contributed by atoms with Crippen LogP contribution in [-0.2, 0) is 9.59 Å². The fourth-order valence-electron chi connectivity index (χ4n) is 2.63. The standard InChI is InChI=1S/C20H22N2O4/c1-12(2)14-5-4-13(3)18(8-14)26-10-19(23)21-15-6-7-17-16(9-15)22-20(24)11-25-17/h4-9,12H,10-11H2,1-3H3,(H,21,23)(H,22,24). The largest absolute Gasteiger partial charge is 0.483 e. The fourth-order valence-corrected chi connectivity index (χ4v) is 2.63. The average Bonchev–Trinajstić information content (AvgIpc) is 2.60. The lowest BCUT2D eigenvalue weighted by molar-refractivity contribution is -0.119. The smallest absolute Gasteiger partial charge is 0.262 e. The molecule has 3 rings (SSSR count). The van der Waals surface area contributed by atoms with Crippen molar-refractivity contribution in [2.75, 3.05) is 23.8 Å². The highest BCUT2D eigenvalue weighted by atomic mass is 16.5. The van der Waals surface area contributed by atoms with Gasteiger partial charge in [-0.2, -0.15) is 0 Å². The molecule has 1 heterocycles. The minimum Gasteiger partial charge on any atom is -0.483 e. The van der Waals surface area contributed by atoms with E-state index in [1.807, 2.05) is 19.1 Å². The lowest BCUT2D eigenvalue weighted by atomic mass is 10.0. The highest BCUT2D eigenvalue weighted by molar-refractivity contribution is 5.97. The highest BCUT2D eigenvalue weighted by Crippen LogP contribution is 2.30. The molecular formula is C20H22N2O4. The Hall–Kier alpha value is -3.02. The van der Waals surface area contributed by atoms with Crippen LogP contribution in [0.15, 0.2) is 36.4 Å². The number of hydrogen-bond donors (Lipinski definition) is 2. The van der Waals surface area contributed by atoms with Crippen LogP contribution in [0.3, 0.4) is 0 Å². The maximum absolute atomic E-state index is 12.2. The maximum Gasteiger partial charge on any atom is 0.262 e. The van der Waals surface area contributed by atoms with Gasteiger partial charge in [0.1, 0.15) is 11.5 Å². The van der Waals surface area contributed by atoms with Crippen molar-refractivity contribution in [2.24, 2.45) is 0 Å². The van der Waals surface area contributed by atoms with Crippen molar-refractivity contribution in [3.8, 4) is 11.5 Å². The molecule has 0 fully saturated rings. The van der Waals surface area contributed by atoms with Gasteiger partial charge >= 0.3 is 0 Å². The van der Waals surface area contributed by atoms with E-state index in [1.54, 1.807) is 18.2 Å². The number of aryl methyl sites for hydroxylation is 1. The Labute approximate surface area is 152 Å². The number of carbonyl (C=O) groups is 2. The summed E-state index contributed by atoms with van der Waals surface area (Å²) in [6.45, 7) is 6.08. The topological polar surface area (TPSA) is 76.7 Å². The molecular weight excluding hydrogens is 332 g/mol. The minimum absolute atomic E-state index is 0.00133. The van der Waals surface area contributed by atoms with Crippen LogP contribution in [-0.4, -0.2) is 25.0 Å². The van der Waals surface area contributed by atoms with Crippen LogP contribution >= 0.6 is 0 Å². The van der Waals surface area contributed by atoms with Crippen molar-refractivity contribution >= 4 is 23.2 Å². The van der Waals surface area contributed by atoms with E-state index in [0.29, 0.717) is 28.8 Å². The number of benzene rings is 2. The number of hydrogen-bond acceptors (Lipinski definition) is 4. The molecule has 0 spiro atoms. The molecule has 0 unspecified atom stereocenters. The second kappa shape index (κ2) is 7.47. The van der Waals surface area contributed by atoms with Gasteiger partial charge in [0.2, 0.25) is 0 Å². The second-order valence-corrected chi connectivity index (χ2v) is 6.56. The van der Waals surface area contributed by atoms with Crippen LogP contribution in [0.25, 0.3) is 0 Å². The Balaban J connectivity index is 1.62. The quantitative estimate of drug-likeness (QED) is 0.862. The molecule has 6 heteroatoms. The molecule has 0 saturated heterocycles. The molecule has 1 aliphatic heterocycles. The number of nitrogens with one attached hydrogen (secondary N) is 2. The van der Waals surface area contributed by atoms with E-state index in [-0.39, 0.29) is 25.0 Å². The molecule has 2 amide bonds. The van der Waals surface area contributed by atoms with Gasteiger partial charge in [-0.1, -0.05) is 26.0 Å². The van der Waals surface area contributed by atoms with Gasteiger partial charge in [0, 0.05) is 5.69 Å². The van der Waals surface area contributed by atoms with Crippen LogP contribution < -0.4 is 20.1 Å². The zero-order chi connectivity index (χ0) is 18.7. The lowest BCUT2D eigenvalue weighted by Crippen LogP contribution is -2.25. The molecule has 2 N–H and O–H groups in total. The van der Waals surface area contributed by atoms with Gasteiger partial charge in [-0.25, -0.2) is 0 Å². The number of anilines is 2. The number of rotatable bonds is 5. The predicted octanol–water partition coefficient (Wildman–Crippen LogP) is 3.47. The second-order valence-electron chi connectivity index (χ2n) is 6.56. The van der Waals surface area contributed by atoms with E-state index < -0.39 is 0 Å². The summed E-state index contributed by atoms with van der Waals surface area (Å²) in [6, 6.07) is 11.1. The van der Waals surface area contributed by atoms with Crippen LogP contribution in [0.1, 0.15) is 30.9 Å². The third-order valence-corrected chi connectivity index (χ3v) is 4.13. The first-order valence-electron chi connectivity index (χ1n) is 8.52. The van der Waals surface area contributed by atoms with Gasteiger partial charge in [-0.05, 0) is 48.2 Å². The molecule has 6 nitrogen and oxygen atoms in total. The summed E-state index contributed by atoms with van der Waals surface area (Å²) in [5, 5.41) is 5.47. The third kappa shape index (κ3) is 4.14. The predicted molar refractivity (Wildman–Crippen MR) is 100.0 cm³/mol. The number of amides is 2. The van der Waals surface area contributed by atoms with E-state index in [1.165, 1.54) is 0 Å². The molecule has 0 aliphatic carbocycles. The Kier molecular flexibility index (Phi) is 5.11. The molecule has 2 aromatic rings. The van der Waals surface area contributed by atoms with Crippen molar-refractivity contribution in [3.63, 3.8) is 0 Å². The van der Waals surface area contributed by atoms with Crippen molar-refractivity contribution in [1.82, 2.24) is 0 Å². The van der Waals surface area contributed by atoms with Crippen LogP contribution in [0.2, 0.25) is 0 Å². The monoisotopic (exact) mass is 354 g/mol. The zero-order valence-electron chi connectivity index (χ0n) is 15.1. The Bertz CT molecular complexity index is 846. The van der Waals surface area contributed by atoms with Crippen LogP contribution in [0.4, 0.5) is 11.4 Å². The molecule has 2 aromatic carbocycles. The summed E-state index contributed by atoms with van der Waals surface area (Å²) >= 11 is 0. The van der Waals surface area contributed by atoms with E-state index in [9.17, 15) is 9.59 Å². The molecule has 0 radical (unpaired) electrons. The summed E-state index contributed by atoms with van der Waals surface area (Å²) in [5.74, 6) is 1.18. The molecule has 136 valence electrons. The summed E-state index contributed by atoms with van der Waals surface area (Å²) < 4.78 is 11.0. The van der Waals surface area contributed by atoms with Gasteiger partial charge in [0.15, 0.2) is 13.2 Å².